The molecule has 0 unspecified atom stereocenters. The molecule has 0 aromatic carbocycles. The molecule has 0 radical (unpaired) electrons. The number of guanidine groups is 1. The maximum atomic E-state index is 5.50. The molecular formula is C13H27N3O. The molecule has 0 heterocycles. The predicted octanol–water partition coefficient (Wildman–Crippen LogP) is 1.77. The molecule has 1 aliphatic carbocycles. The molecule has 4 nitrogen and oxygen atoms in total. The highest BCUT2D eigenvalue weighted by atomic mass is 16.5. The van der Waals surface area contributed by atoms with Gasteiger partial charge in [-0.1, -0.05) is 13.3 Å². The van der Waals surface area contributed by atoms with Crippen molar-refractivity contribution in [3.63, 3.8) is 0 Å². The summed E-state index contributed by atoms with van der Waals surface area (Å²) in [5.74, 6) is 1.80. The lowest BCUT2D eigenvalue weighted by Crippen LogP contribution is -2.39. The third kappa shape index (κ3) is 8.02. The number of rotatable bonds is 9. The van der Waals surface area contributed by atoms with Crippen molar-refractivity contribution in [2.75, 3.05) is 33.4 Å². The summed E-state index contributed by atoms with van der Waals surface area (Å²) in [4.78, 5) is 4.19. The Morgan fingerprint density at radius 3 is 2.65 bits per heavy atom. The Morgan fingerprint density at radius 2 is 2.00 bits per heavy atom. The molecule has 0 bridgehead atoms. The largest absolute Gasteiger partial charge is 0.381 e. The van der Waals surface area contributed by atoms with Crippen molar-refractivity contribution >= 4 is 5.96 Å². The third-order valence-electron chi connectivity index (χ3n) is 2.88. The molecule has 1 saturated carbocycles. The lowest BCUT2D eigenvalue weighted by atomic mass is 10.4. The molecule has 1 rings (SSSR count). The Labute approximate surface area is 105 Å². The number of nitrogens with zero attached hydrogens (tertiary/aromatic N) is 1. The molecule has 0 aliphatic heterocycles. The normalized spacial score (nSPS) is 16.0. The van der Waals surface area contributed by atoms with Gasteiger partial charge in [0.05, 0.1) is 0 Å². The van der Waals surface area contributed by atoms with Crippen LogP contribution in [0.1, 0.15) is 39.0 Å². The van der Waals surface area contributed by atoms with Crippen LogP contribution in [0.2, 0.25) is 0 Å². The van der Waals surface area contributed by atoms with Gasteiger partial charge in [0.15, 0.2) is 5.96 Å². The SMILES string of the molecule is CCCCOCCCNC(=NC)NCC1CC1. The molecule has 100 valence electrons. The van der Waals surface area contributed by atoms with Crippen LogP contribution in [0.5, 0.6) is 0 Å². The van der Waals surface area contributed by atoms with Crippen molar-refractivity contribution in [2.45, 2.75) is 39.0 Å². The summed E-state index contributed by atoms with van der Waals surface area (Å²) in [7, 11) is 1.82. The van der Waals surface area contributed by atoms with E-state index in [2.05, 4.69) is 22.5 Å². The second-order valence-corrected chi connectivity index (χ2v) is 4.64. The van der Waals surface area contributed by atoms with E-state index in [9.17, 15) is 0 Å². The van der Waals surface area contributed by atoms with Crippen LogP contribution in [0.25, 0.3) is 0 Å². The van der Waals surface area contributed by atoms with E-state index in [1.165, 1.54) is 19.3 Å². The molecular weight excluding hydrogens is 214 g/mol. The first-order chi connectivity index (χ1) is 8.36. The van der Waals surface area contributed by atoms with Gasteiger partial charge in [0.1, 0.15) is 0 Å². The van der Waals surface area contributed by atoms with Gasteiger partial charge in [0.2, 0.25) is 0 Å². The van der Waals surface area contributed by atoms with Crippen LogP contribution in [-0.4, -0.2) is 39.3 Å². The fraction of sp³-hybridized carbons (Fsp3) is 0.923. The van der Waals surface area contributed by atoms with E-state index in [0.29, 0.717) is 0 Å². The average Bonchev–Trinajstić information content (AvgIpc) is 3.16. The number of hydrogen-bond acceptors (Lipinski definition) is 2. The minimum Gasteiger partial charge on any atom is -0.381 e. The maximum Gasteiger partial charge on any atom is 0.190 e. The summed E-state index contributed by atoms with van der Waals surface area (Å²) in [5.41, 5.74) is 0. The molecule has 0 saturated heterocycles. The number of aliphatic imine (C=N–C) groups is 1. The van der Waals surface area contributed by atoms with Crippen molar-refractivity contribution in [1.82, 2.24) is 10.6 Å². The van der Waals surface area contributed by atoms with Gasteiger partial charge in [-0.05, 0) is 31.6 Å². The zero-order valence-electron chi connectivity index (χ0n) is 11.3. The monoisotopic (exact) mass is 241 g/mol. The first-order valence-corrected chi connectivity index (χ1v) is 6.89. The van der Waals surface area contributed by atoms with Crippen molar-refractivity contribution < 1.29 is 4.74 Å². The van der Waals surface area contributed by atoms with E-state index >= 15 is 0 Å². The first kappa shape index (κ1) is 14.3. The van der Waals surface area contributed by atoms with Crippen LogP contribution in [0.15, 0.2) is 4.99 Å². The topological polar surface area (TPSA) is 45.6 Å². The molecule has 2 N–H and O–H groups in total. The van der Waals surface area contributed by atoms with Crippen LogP contribution < -0.4 is 10.6 Å². The lowest BCUT2D eigenvalue weighted by molar-refractivity contribution is 0.129. The maximum absolute atomic E-state index is 5.50. The fourth-order valence-corrected chi connectivity index (χ4v) is 1.51. The van der Waals surface area contributed by atoms with Gasteiger partial charge < -0.3 is 15.4 Å². The number of unbranched alkanes of at least 4 members (excludes halogenated alkanes) is 1. The molecule has 0 atom stereocenters. The van der Waals surface area contributed by atoms with Gasteiger partial charge in [-0.25, -0.2) is 0 Å². The summed E-state index contributed by atoms with van der Waals surface area (Å²) in [6.07, 6.45) is 6.15. The highest BCUT2D eigenvalue weighted by Gasteiger charge is 2.20. The van der Waals surface area contributed by atoms with Gasteiger partial charge in [-0.2, -0.15) is 0 Å². The molecule has 0 aromatic rings. The summed E-state index contributed by atoms with van der Waals surface area (Å²) >= 11 is 0. The van der Waals surface area contributed by atoms with Crippen LogP contribution in [0.3, 0.4) is 0 Å². The molecule has 0 spiro atoms. The zero-order chi connectivity index (χ0) is 12.3. The molecule has 1 fully saturated rings. The minimum atomic E-state index is 0.840. The molecule has 17 heavy (non-hydrogen) atoms. The van der Waals surface area contributed by atoms with E-state index in [1.807, 2.05) is 7.05 Å². The van der Waals surface area contributed by atoms with Crippen LogP contribution in [0, 0.1) is 5.92 Å². The Hall–Kier alpha value is -0.770. The Kier molecular flexibility index (Phi) is 7.80. The number of hydrogen-bond donors (Lipinski definition) is 2. The summed E-state index contributed by atoms with van der Waals surface area (Å²) < 4.78 is 5.50. The van der Waals surface area contributed by atoms with Crippen molar-refractivity contribution in [1.29, 1.82) is 0 Å². The zero-order valence-corrected chi connectivity index (χ0v) is 11.3. The van der Waals surface area contributed by atoms with E-state index in [-0.39, 0.29) is 0 Å². The summed E-state index contributed by atoms with van der Waals surface area (Å²) in [5, 5.41) is 6.64. The number of nitrogens with one attached hydrogen (secondary N) is 2. The standard InChI is InChI=1S/C13H27N3O/c1-3-4-9-17-10-5-8-15-13(14-2)16-11-12-6-7-12/h12H,3-11H2,1-2H3,(H2,14,15,16). The van der Waals surface area contributed by atoms with Gasteiger partial charge in [-0.15, -0.1) is 0 Å². The first-order valence-electron chi connectivity index (χ1n) is 6.89. The van der Waals surface area contributed by atoms with Crippen LogP contribution in [-0.2, 0) is 4.74 Å². The highest BCUT2D eigenvalue weighted by Crippen LogP contribution is 2.27. The molecule has 0 amide bonds. The Morgan fingerprint density at radius 1 is 1.24 bits per heavy atom. The van der Waals surface area contributed by atoms with E-state index < -0.39 is 0 Å². The van der Waals surface area contributed by atoms with Gasteiger partial charge >= 0.3 is 0 Å². The molecule has 0 aromatic heterocycles. The number of ether oxygens (including phenoxy) is 1. The summed E-state index contributed by atoms with van der Waals surface area (Å²) in [6, 6.07) is 0. The highest BCUT2D eigenvalue weighted by molar-refractivity contribution is 5.79. The predicted molar refractivity (Wildman–Crippen MR) is 72.4 cm³/mol. The van der Waals surface area contributed by atoms with Crippen molar-refractivity contribution in [2.24, 2.45) is 10.9 Å². The average molecular weight is 241 g/mol. The lowest BCUT2D eigenvalue weighted by Gasteiger charge is -2.11. The van der Waals surface area contributed by atoms with E-state index in [0.717, 1.165) is 51.0 Å². The molecule has 4 heteroatoms. The van der Waals surface area contributed by atoms with Gasteiger partial charge in [-0.3, -0.25) is 4.99 Å². The second-order valence-electron chi connectivity index (χ2n) is 4.64. The fourth-order valence-electron chi connectivity index (χ4n) is 1.51. The third-order valence-corrected chi connectivity index (χ3v) is 2.88. The quantitative estimate of drug-likeness (QED) is 0.367. The van der Waals surface area contributed by atoms with Crippen LogP contribution in [0.4, 0.5) is 0 Å². The summed E-state index contributed by atoms with van der Waals surface area (Å²) in [6.45, 7) is 5.90. The van der Waals surface area contributed by atoms with Crippen molar-refractivity contribution in [3.05, 3.63) is 0 Å². The minimum absolute atomic E-state index is 0.840. The van der Waals surface area contributed by atoms with E-state index in [1.54, 1.807) is 0 Å². The van der Waals surface area contributed by atoms with Crippen LogP contribution >= 0.6 is 0 Å². The van der Waals surface area contributed by atoms with E-state index in [4.69, 9.17) is 4.74 Å². The van der Waals surface area contributed by atoms with Crippen molar-refractivity contribution in [3.8, 4) is 0 Å². The Bertz CT molecular complexity index is 215. The Balaban J connectivity index is 1.88. The molecule has 1 aliphatic rings. The van der Waals surface area contributed by atoms with Gasteiger partial charge in [0.25, 0.3) is 0 Å². The van der Waals surface area contributed by atoms with Gasteiger partial charge in [0, 0.05) is 33.4 Å². The smallest absolute Gasteiger partial charge is 0.190 e. The second kappa shape index (κ2) is 9.28.